The number of hydrogen-bond donors (Lipinski definition) is 2. The summed E-state index contributed by atoms with van der Waals surface area (Å²) in [5.74, 6) is -7.95. The fourth-order valence-electron chi connectivity index (χ4n) is 2.91. The van der Waals surface area contributed by atoms with Crippen molar-refractivity contribution in [1.29, 1.82) is 0 Å². The normalized spacial score (nSPS) is 17.7. The summed E-state index contributed by atoms with van der Waals surface area (Å²) in [5, 5.41) is 0.104. The summed E-state index contributed by atoms with van der Waals surface area (Å²) >= 11 is 6.00. The molecule has 29 heavy (non-hydrogen) atoms. The zero-order valence-corrected chi connectivity index (χ0v) is 15.0. The number of halogens is 6. The highest BCUT2D eigenvalue weighted by atomic mass is 35.5. The van der Waals surface area contributed by atoms with Crippen LogP contribution < -0.4 is 10.5 Å². The molecule has 12 heteroatoms. The van der Waals surface area contributed by atoms with E-state index in [0.717, 1.165) is 12.4 Å². The Bertz CT molecular complexity index is 1040. The van der Waals surface area contributed by atoms with E-state index < -0.39 is 36.2 Å². The molecular formula is C17H11ClF5N5O. The molecule has 0 saturated heterocycles. The zero-order valence-electron chi connectivity index (χ0n) is 14.3. The van der Waals surface area contributed by atoms with E-state index in [1.165, 1.54) is 18.2 Å². The molecule has 2 heterocycles. The number of ether oxygens (including phenoxy) is 1. The second-order valence-electron chi connectivity index (χ2n) is 6.39. The molecule has 3 aromatic rings. The molecular weight excluding hydrogens is 421 g/mol. The standard InChI is InChI=1S/C17H11ClF5N5O/c18-8-2-1-3-9(19)10(8)13-27-11(12(24)28-13)7-4-25-15(26-5-7)29-14-16(20,21)6-17(14,22)23/h1-5,14H,6,24H2,(H,27,28). The number of aromatic nitrogens is 4. The first-order valence-electron chi connectivity index (χ1n) is 8.13. The average molecular weight is 432 g/mol. The molecule has 1 fully saturated rings. The van der Waals surface area contributed by atoms with Gasteiger partial charge in [-0.1, -0.05) is 17.7 Å². The Hall–Kier alpha value is -2.95. The molecule has 3 N–H and O–H groups in total. The molecule has 2 aromatic heterocycles. The molecule has 0 bridgehead atoms. The monoisotopic (exact) mass is 431 g/mol. The van der Waals surface area contributed by atoms with Crippen molar-refractivity contribution in [2.75, 3.05) is 5.73 Å². The molecule has 1 aliphatic rings. The van der Waals surface area contributed by atoms with Crippen molar-refractivity contribution < 1.29 is 26.7 Å². The lowest BCUT2D eigenvalue weighted by Gasteiger charge is -2.42. The predicted molar refractivity (Wildman–Crippen MR) is 93.4 cm³/mol. The maximum Gasteiger partial charge on any atom is 0.317 e. The number of anilines is 1. The van der Waals surface area contributed by atoms with Gasteiger partial charge >= 0.3 is 6.01 Å². The van der Waals surface area contributed by atoms with Crippen molar-refractivity contribution in [2.24, 2.45) is 0 Å². The van der Waals surface area contributed by atoms with E-state index in [-0.39, 0.29) is 33.5 Å². The Morgan fingerprint density at radius 3 is 2.38 bits per heavy atom. The summed E-state index contributed by atoms with van der Waals surface area (Å²) in [7, 11) is 0. The molecule has 1 aromatic carbocycles. The number of imidazole rings is 1. The largest absolute Gasteiger partial charge is 0.447 e. The van der Waals surface area contributed by atoms with Gasteiger partial charge in [0, 0.05) is 18.0 Å². The van der Waals surface area contributed by atoms with Crippen molar-refractivity contribution in [1.82, 2.24) is 19.9 Å². The Labute approximate surface area is 164 Å². The van der Waals surface area contributed by atoms with E-state index in [2.05, 4.69) is 24.7 Å². The van der Waals surface area contributed by atoms with E-state index in [4.69, 9.17) is 17.3 Å². The van der Waals surface area contributed by atoms with Crippen LogP contribution in [0.1, 0.15) is 6.42 Å². The summed E-state index contributed by atoms with van der Waals surface area (Å²) < 4.78 is 71.7. The third-order valence-corrected chi connectivity index (χ3v) is 4.62. The molecule has 0 atom stereocenters. The first kappa shape index (κ1) is 19.4. The second-order valence-corrected chi connectivity index (χ2v) is 6.80. The van der Waals surface area contributed by atoms with E-state index in [1.54, 1.807) is 0 Å². The summed E-state index contributed by atoms with van der Waals surface area (Å²) in [5.41, 5.74) is 6.28. The van der Waals surface area contributed by atoms with E-state index in [9.17, 15) is 22.0 Å². The van der Waals surface area contributed by atoms with Crippen molar-refractivity contribution in [3.8, 4) is 28.7 Å². The third kappa shape index (κ3) is 3.35. The van der Waals surface area contributed by atoms with Crippen LogP contribution in [-0.2, 0) is 0 Å². The average Bonchev–Trinajstić information content (AvgIpc) is 3.00. The molecule has 152 valence electrons. The summed E-state index contributed by atoms with van der Waals surface area (Å²) in [6.07, 6.45) is -1.98. The van der Waals surface area contributed by atoms with E-state index >= 15 is 0 Å². The Kier molecular flexibility index (Phi) is 4.37. The quantitative estimate of drug-likeness (QED) is 0.600. The maximum absolute atomic E-state index is 14.1. The molecule has 4 rings (SSSR count). The maximum atomic E-state index is 14.1. The van der Waals surface area contributed by atoms with Crippen LogP contribution in [0.15, 0.2) is 30.6 Å². The number of nitrogens with zero attached hydrogens (tertiary/aromatic N) is 3. The fraction of sp³-hybridized carbons (Fsp3) is 0.235. The fourth-order valence-corrected chi connectivity index (χ4v) is 3.16. The molecule has 0 aliphatic heterocycles. The molecule has 0 amide bonds. The number of alkyl halides is 4. The predicted octanol–water partition coefficient (Wildman–Crippen LogP) is 4.33. The van der Waals surface area contributed by atoms with Gasteiger partial charge in [-0.2, -0.15) is 0 Å². The van der Waals surface area contributed by atoms with Crippen LogP contribution in [-0.4, -0.2) is 37.9 Å². The molecule has 0 unspecified atom stereocenters. The van der Waals surface area contributed by atoms with E-state index in [0.29, 0.717) is 0 Å². The van der Waals surface area contributed by atoms with Gasteiger partial charge in [0.05, 0.1) is 22.7 Å². The Balaban J connectivity index is 1.60. The van der Waals surface area contributed by atoms with Gasteiger partial charge in [0.2, 0.25) is 6.10 Å². The number of benzene rings is 1. The Morgan fingerprint density at radius 2 is 1.79 bits per heavy atom. The number of rotatable bonds is 4. The minimum atomic E-state index is -3.67. The highest BCUT2D eigenvalue weighted by Crippen LogP contribution is 2.50. The van der Waals surface area contributed by atoms with Crippen LogP contribution in [0, 0.1) is 5.82 Å². The minimum absolute atomic E-state index is 0.00225. The summed E-state index contributed by atoms with van der Waals surface area (Å²) in [6, 6.07) is 3.45. The number of nitrogen functional groups attached to an aromatic ring is 1. The molecule has 0 spiro atoms. The van der Waals surface area contributed by atoms with Crippen LogP contribution >= 0.6 is 11.6 Å². The molecule has 0 radical (unpaired) electrons. The van der Waals surface area contributed by atoms with Gasteiger partial charge in [-0.15, -0.1) is 0 Å². The lowest BCUT2D eigenvalue weighted by atomic mass is 9.86. The van der Waals surface area contributed by atoms with E-state index in [1.807, 2.05) is 0 Å². The van der Waals surface area contributed by atoms with Crippen molar-refractivity contribution in [3.63, 3.8) is 0 Å². The number of nitrogens with two attached hydrogens (primary N) is 1. The second kappa shape index (κ2) is 6.55. The first-order chi connectivity index (χ1) is 13.6. The smallest absolute Gasteiger partial charge is 0.317 e. The molecule has 6 nitrogen and oxygen atoms in total. The van der Waals surface area contributed by atoms with Gasteiger partial charge in [0.15, 0.2) is 0 Å². The lowest BCUT2D eigenvalue weighted by molar-refractivity contribution is -0.302. The van der Waals surface area contributed by atoms with Gasteiger partial charge in [-0.05, 0) is 12.1 Å². The van der Waals surface area contributed by atoms with Crippen LogP contribution in [0.25, 0.3) is 22.6 Å². The number of nitrogens with one attached hydrogen (secondary N) is 1. The highest BCUT2D eigenvalue weighted by Gasteiger charge is 2.71. The topological polar surface area (TPSA) is 89.7 Å². The van der Waals surface area contributed by atoms with Crippen molar-refractivity contribution >= 4 is 17.4 Å². The van der Waals surface area contributed by atoms with Gasteiger partial charge < -0.3 is 15.5 Å². The number of hydrogen-bond acceptors (Lipinski definition) is 5. The zero-order chi connectivity index (χ0) is 21.0. The first-order valence-corrected chi connectivity index (χ1v) is 8.51. The molecule has 1 saturated carbocycles. The van der Waals surface area contributed by atoms with Crippen molar-refractivity contribution in [3.05, 3.63) is 41.4 Å². The summed E-state index contributed by atoms with van der Waals surface area (Å²) in [4.78, 5) is 14.1. The molecule has 1 aliphatic carbocycles. The number of aromatic amines is 1. The van der Waals surface area contributed by atoms with Gasteiger partial charge in [-0.25, -0.2) is 36.9 Å². The minimum Gasteiger partial charge on any atom is -0.447 e. The number of H-pyrrole nitrogens is 1. The van der Waals surface area contributed by atoms with Crippen LogP contribution in [0.2, 0.25) is 5.02 Å². The van der Waals surface area contributed by atoms with Gasteiger partial charge in [0.25, 0.3) is 11.8 Å². The Morgan fingerprint density at radius 1 is 1.14 bits per heavy atom. The van der Waals surface area contributed by atoms with Crippen LogP contribution in [0.3, 0.4) is 0 Å². The summed E-state index contributed by atoms with van der Waals surface area (Å²) in [6.45, 7) is 0. The van der Waals surface area contributed by atoms with Crippen molar-refractivity contribution in [2.45, 2.75) is 24.4 Å². The third-order valence-electron chi connectivity index (χ3n) is 4.31. The van der Waals surface area contributed by atoms with Gasteiger partial charge in [0.1, 0.15) is 17.5 Å². The highest BCUT2D eigenvalue weighted by molar-refractivity contribution is 6.33. The lowest BCUT2D eigenvalue weighted by Crippen LogP contribution is -2.64. The SMILES string of the molecule is Nc1nc(-c2c(F)cccc2Cl)[nH]c1-c1cnc(OC2C(F)(F)CC2(F)F)nc1. The van der Waals surface area contributed by atoms with Gasteiger partial charge in [-0.3, -0.25) is 0 Å². The van der Waals surface area contributed by atoms with Crippen LogP contribution in [0.4, 0.5) is 27.8 Å². The van der Waals surface area contributed by atoms with Crippen LogP contribution in [0.5, 0.6) is 6.01 Å².